The number of aliphatic carboxylic acids is 1. The van der Waals surface area contributed by atoms with Gasteiger partial charge in [0.1, 0.15) is 5.75 Å². The van der Waals surface area contributed by atoms with Gasteiger partial charge in [-0.25, -0.2) is 4.79 Å². The summed E-state index contributed by atoms with van der Waals surface area (Å²) in [7, 11) is 0. The predicted octanol–water partition coefficient (Wildman–Crippen LogP) is 2.78. The maximum Gasteiger partial charge on any atom is 0.573 e. The molecule has 136 valence electrons. The molecule has 0 radical (unpaired) electrons. The number of rotatable bonds is 8. The molecule has 0 saturated carbocycles. The van der Waals surface area contributed by atoms with Gasteiger partial charge in [-0.05, 0) is 31.5 Å². The SMILES string of the molecule is CC/C(C=[N+]=C(CCCN)C(=O)O)=C\c1ccccc1OC(F)(F)F. The summed E-state index contributed by atoms with van der Waals surface area (Å²) in [6, 6.07) is 5.69. The maximum absolute atomic E-state index is 12.5. The van der Waals surface area contributed by atoms with Gasteiger partial charge in [0.25, 0.3) is 6.21 Å². The molecule has 1 aromatic rings. The third kappa shape index (κ3) is 7.69. The molecule has 0 aliphatic heterocycles. The van der Waals surface area contributed by atoms with E-state index in [0.29, 0.717) is 25.0 Å². The van der Waals surface area contributed by atoms with Crippen LogP contribution in [0.3, 0.4) is 0 Å². The Morgan fingerprint density at radius 3 is 2.60 bits per heavy atom. The zero-order valence-electron chi connectivity index (χ0n) is 13.7. The molecule has 0 atom stereocenters. The number of hydrogen-bond donors (Lipinski definition) is 2. The number of para-hydroxylation sites is 1. The third-order valence-corrected chi connectivity index (χ3v) is 3.14. The van der Waals surface area contributed by atoms with E-state index in [2.05, 4.69) is 9.40 Å². The average Bonchev–Trinajstić information content (AvgIpc) is 2.53. The molecule has 0 saturated heterocycles. The highest BCUT2D eigenvalue weighted by Crippen LogP contribution is 2.27. The molecule has 5 nitrogen and oxygen atoms in total. The molecule has 0 amide bonds. The van der Waals surface area contributed by atoms with Gasteiger partial charge in [0.05, 0.1) is 6.42 Å². The number of nitrogens with two attached hydrogens (primary N) is 1. The van der Waals surface area contributed by atoms with Gasteiger partial charge >= 0.3 is 18.0 Å². The molecule has 0 unspecified atom stereocenters. The number of halogens is 3. The van der Waals surface area contributed by atoms with Crippen LogP contribution >= 0.6 is 0 Å². The number of benzene rings is 1. The van der Waals surface area contributed by atoms with Gasteiger partial charge in [-0.3, -0.25) is 0 Å². The fraction of sp³-hybridized carbons (Fsp3) is 0.353. The van der Waals surface area contributed by atoms with Crippen LogP contribution in [0.4, 0.5) is 13.2 Å². The summed E-state index contributed by atoms with van der Waals surface area (Å²) in [6.07, 6.45) is -0.832. The molecular formula is C17H20F3N2O3+. The first-order valence-electron chi connectivity index (χ1n) is 7.65. The molecule has 0 spiro atoms. The van der Waals surface area contributed by atoms with E-state index in [1.165, 1.54) is 30.5 Å². The Balaban J connectivity index is 3.19. The Morgan fingerprint density at radius 2 is 2.04 bits per heavy atom. The summed E-state index contributed by atoms with van der Waals surface area (Å²) >= 11 is 0. The van der Waals surface area contributed by atoms with Crippen molar-refractivity contribution in [1.82, 2.24) is 4.67 Å². The van der Waals surface area contributed by atoms with Gasteiger partial charge in [-0.15, -0.1) is 13.2 Å². The highest BCUT2D eigenvalue weighted by molar-refractivity contribution is 6.35. The van der Waals surface area contributed by atoms with Gasteiger partial charge < -0.3 is 15.6 Å². The Kier molecular flexibility index (Phi) is 7.91. The van der Waals surface area contributed by atoms with Gasteiger partial charge in [0.15, 0.2) is 0 Å². The van der Waals surface area contributed by atoms with Crippen LogP contribution in [0.5, 0.6) is 5.75 Å². The monoisotopic (exact) mass is 357 g/mol. The van der Waals surface area contributed by atoms with Crippen LogP contribution in [0.2, 0.25) is 0 Å². The molecule has 1 rings (SSSR count). The van der Waals surface area contributed by atoms with Crippen molar-refractivity contribution in [2.75, 3.05) is 6.54 Å². The molecule has 0 bridgehead atoms. The summed E-state index contributed by atoms with van der Waals surface area (Å²) in [5.74, 6) is -1.49. The number of nitrogens with zero attached hydrogens (tertiary/aromatic N) is 1. The smallest absolute Gasteiger partial charge is 0.473 e. The van der Waals surface area contributed by atoms with Crippen LogP contribution in [0.25, 0.3) is 6.08 Å². The Morgan fingerprint density at radius 1 is 1.36 bits per heavy atom. The highest BCUT2D eigenvalue weighted by atomic mass is 19.4. The fourth-order valence-electron chi connectivity index (χ4n) is 1.90. The molecule has 1 aromatic carbocycles. The summed E-state index contributed by atoms with van der Waals surface area (Å²) < 4.78 is 45.3. The van der Waals surface area contributed by atoms with Crippen molar-refractivity contribution in [1.29, 1.82) is 0 Å². The molecular weight excluding hydrogens is 337 g/mol. The fourth-order valence-corrected chi connectivity index (χ4v) is 1.90. The number of ether oxygens (including phenoxy) is 1. The maximum atomic E-state index is 12.5. The lowest BCUT2D eigenvalue weighted by molar-refractivity contribution is -0.274. The summed E-state index contributed by atoms with van der Waals surface area (Å²) in [4.78, 5) is 11.1. The van der Waals surface area contributed by atoms with Gasteiger partial charge in [-0.2, -0.15) is 0 Å². The van der Waals surface area contributed by atoms with Crippen molar-refractivity contribution < 1.29 is 27.8 Å². The van der Waals surface area contributed by atoms with Crippen LogP contribution < -0.4 is 15.1 Å². The van der Waals surface area contributed by atoms with Crippen molar-refractivity contribution in [3.8, 4) is 5.75 Å². The van der Waals surface area contributed by atoms with Crippen molar-refractivity contribution in [3.63, 3.8) is 0 Å². The van der Waals surface area contributed by atoms with Crippen molar-refractivity contribution >= 4 is 24.0 Å². The number of allylic oxidation sites excluding steroid dienone is 1. The Bertz CT molecular complexity index is 691. The number of carboxylic acids is 1. The normalized spacial score (nSPS) is 11.6. The quantitative estimate of drug-likeness (QED) is 0.553. The van der Waals surface area contributed by atoms with Crippen LogP contribution in [0.15, 0.2) is 29.8 Å². The zero-order chi connectivity index (χ0) is 18.9. The lowest BCUT2D eigenvalue weighted by atomic mass is 10.1. The number of hydrogen-bond acceptors (Lipinski definition) is 3. The zero-order valence-corrected chi connectivity index (χ0v) is 13.7. The average molecular weight is 357 g/mol. The third-order valence-electron chi connectivity index (χ3n) is 3.14. The minimum atomic E-state index is -4.79. The molecule has 0 fully saturated rings. The van der Waals surface area contributed by atoms with Crippen molar-refractivity contribution in [3.05, 3.63) is 35.4 Å². The van der Waals surface area contributed by atoms with E-state index in [0.717, 1.165) is 0 Å². The van der Waals surface area contributed by atoms with Crippen molar-refractivity contribution in [2.24, 2.45) is 5.73 Å². The highest BCUT2D eigenvalue weighted by Gasteiger charge is 2.31. The van der Waals surface area contributed by atoms with E-state index in [9.17, 15) is 18.0 Å². The largest absolute Gasteiger partial charge is 0.573 e. The standard InChI is InChI=1S/C17H19F3N2O3/c1-2-12(11-22-14(16(23)24)7-5-9-21)10-13-6-3-4-8-15(13)25-17(18,19)20/h3-4,6,8,10-11H,2,5,7,9,21H2,1H3/p+1/b12-10+. The van der Waals surface area contributed by atoms with E-state index < -0.39 is 12.3 Å². The second kappa shape index (κ2) is 9.66. The van der Waals surface area contributed by atoms with E-state index in [4.69, 9.17) is 10.8 Å². The Hall–Kier alpha value is -2.57. The lowest BCUT2D eigenvalue weighted by Gasteiger charge is -2.11. The lowest BCUT2D eigenvalue weighted by Crippen LogP contribution is -2.18. The first-order chi connectivity index (χ1) is 11.8. The Labute approximate surface area is 143 Å². The minimum absolute atomic E-state index is 0.0513. The number of carboxylic acid groups (broad SMARTS) is 1. The topological polar surface area (TPSA) is 86.7 Å². The molecule has 0 aromatic heterocycles. The second-order valence-corrected chi connectivity index (χ2v) is 5.06. The van der Waals surface area contributed by atoms with E-state index >= 15 is 0 Å². The van der Waals surface area contributed by atoms with Gasteiger partial charge in [-0.1, -0.05) is 29.8 Å². The first kappa shape index (κ1) is 20.5. The summed E-state index contributed by atoms with van der Waals surface area (Å²) in [5, 5.41) is 9.09. The summed E-state index contributed by atoms with van der Waals surface area (Å²) in [5.41, 5.74) is 6.09. The molecule has 25 heavy (non-hydrogen) atoms. The molecule has 0 heterocycles. The summed E-state index contributed by atoms with van der Waals surface area (Å²) in [6.45, 7) is 2.12. The van der Waals surface area contributed by atoms with Crippen molar-refractivity contribution in [2.45, 2.75) is 32.5 Å². The van der Waals surface area contributed by atoms with E-state index in [1.807, 2.05) is 0 Å². The minimum Gasteiger partial charge on any atom is -0.473 e. The van der Waals surface area contributed by atoms with Crippen LogP contribution in [0, 0.1) is 0 Å². The molecule has 8 heteroatoms. The predicted molar refractivity (Wildman–Crippen MR) is 90.5 cm³/mol. The second-order valence-electron chi connectivity index (χ2n) is 5.06. The van der Waals surface area contributed by atoms with Gasteiger partial charge in [0.2, 0.25) is 0 Å². The van der Waals surface area contributed by atoms with E-state index in [1.54, 1.807) is 13.0 Å². The van der Waals surface area contributed by atoms with Gasteiger partial charge in [0, 0.05) is 11.1 Å². The van der Waals surface area contributed by atoms with Crippen LogP contribution in [0.1, 0.15) is 31.7 Å². The molecule has 0 aliphatic carbocycles. The molecule has 0 aliphatic rings. The number of alkyl halides is 3. The van der Waals surface area contributed by atoms with Crippen LogP contribution in [-0.4, -0.2) is 35.9 Å². The van der Waals surface area contributed by atoms with Crippen LogP contribution in [-0.2, 0) is 4.79 Å². The van der Waals surface area contributed by atoms with E-state index in [-0.39, 0.29) is 23.4 Å². The first-order valence-corrected chi connectivity index (χ1v) is 7.65. The number of carbonyl (C=O) groups is 1. The molecule has 3 N–H and O–H groups in total.